The van der Waals surface area contributed by atoms with E-state index >= 15 is 0 Å². The molecule has 0 bridgehead atoms. The number of methoxy groups -OCH3 is 1. The van der Waals surface area contributed by atoms with Crippen LogP contribution in [0.1, 0.15) is 30.1 Å². The van der Waals surface area contributed by atoms with Crippen molar-refractivity contribution < 1.29 is 14.3 Å². The summed E-state index contributed by atoms with van der Waals surface area (Å²) >= 11 is 0. The maximum atomic E-state index is 12.2. The third-order valence-electron chi connectivity index (χ3n) is 6.66. The zero-order valence-corrected chi connectivity index (χ0v) is 19.1. The lowest BCUT2D eigenvalue weighted by molar-refractivity contribution is -0.130. The molecule has 1 atom stereocenters. The molecule has 3 heterocycles. The second-order valence-electron chi connectivity index (χ2n) is 8.72. The second-order valence-corrected chi connectivity index (χ2v) is 8.72. The Morgan fingerprint density at radius 3 is 2.94 bits per heavy atom. The highest BCUT2D eigenvalue weighted by atomic mass is 16.5. The fourth-order valence-corrected chi connectivity index (χ4v) is 4.86. The minimum absolute atomic E-state index is 0.0154. The van der Waals surface area contributed by atoms with Gasteiger partial charge in [-0.15, -0.1) is 10.2 Å². The Morgan fingerprint density at radius 1 is 1.18 bits per heavy atom. The number of hydrogen-bond acceptors (Lipinski definition) is 6. The Labute approximate surface area is 193 Å². The third kappa shape index (κ3) is 4.72. The molecule has 0 spiro atoms. The van der Waals surface area contributed by atoms with Crippen molar-refractivity contribution in [1.82, 2.24) is 25.0 Å². The first kappa shape index (κ1) is 21.9. The third-order valence-corrected chi connectivity index (χ3v) is 6.66. The lowest BCUT2D eigenvalue weighted by Crippen LogP contribution is -2.35. The number of nitrogens with one attached hydrogen (secondary N) is 1. The number of nitrogens with zero attached hydrogens (tertiary/aromatic N) is 4. The molecule has 0 unspecified atom stereocenters. The van der Waals surface area contributed by atoms with Crippen molar-refractivity contribution in [3.05, 3.63) is 53.6 Å². The van der Waals surface area contributed by atoms with Gasteiger partial charge in [0.05, 0.1) is 7.11 Å². The van der Waals surface area contributed by atoms with E-state index in [0.29, 0.717) is 19.6 Å². The van der Waals surface area contributed by atoms with Crippen molar-refractivity contribution in [2.45, 2.75) is 44.9 Å². The molecule has 1 aromatic heterocycles. The molecule has 8 nitrogen and oxygen atoms in total. The van der Waals surface area contributed by atoms with Gasteiger partial charge in [-0.05, 0) is 29.7 Å². The highest BCUT2D eigenvalue weighted by Gasteiger charge is 2.24. The van der Waals surface area contributed by atoms with Crippen LogP contribution >= 0.6 is 0 Å². The number of benzene rings is 2. The Hall–Kier alpha value is -2.97. The summed E-state index contributed by atoms with van der Waals surface area (Å²) < 4.78 is 13.4. The highest BCUT2D eigenvalue weighted by molar-refractivity contribution is 5.87. The summed E-state index contributed by atoms with van der Waals surface area (Å²) in [6.45, 7) is 4.72. The number of ether oxygens (including phenoxy) is 2. The van der Waals surface area contributed by atoms with Crippen molar-refractivity contribution in [3.8, 4) is 5.75 Å². The topological polar surface area (TPSA) is 81.5 Å². The summed E-state index contributed by atoms with van der Waals surface area (Å²) in [6.07, 6.45) is 2.99. The summed E-state index contributed by atoms with van der Waals surface area (Å²) in [7, 11) is 1.74. The van der Waals surface area contributed by atoms with E-state index in [1.165, 1.54) is 16.3 Å². The molecule has 0 saturated carbocycles. The molecule has 0 radical (unpaired) electrons. The van der Waals surface area contributed by atoms with Gasteiger partial charge in [-0.1, -0.05) is 30.3 Å². The predicted molar refractivity (Wildman–Crippen MR) is 125 cm³/mol. The SMILES string of the molecule is COc1ccc2ccccc2c1CN1CCc2nnc(CCNC(=O)[C@H]3CCCO3)n2CC1. The molecule has 174 valence electrons. The lowest BCUT2D eigenvalue weighted by Gasteiger charge is -2.22. The summed E-state index contributed by atoms with van der Waals surface area (Å²) in [5.74, 6) is 2.86. The molecular formula is C25H31N5O3. The van der Waals surface area contributed by atoms with Crippen LogP contribution in [0.25, 0.3) is 10.8 Å². The monoisotopic (exact) mass is 449 g/mol. The molecule has 2 aromatic carbocycles. The van der Waals surface area contributed by atoms with Gasteiger partial charge in [0, 0.05) is 57.7 Å². The number of fused-ring (bicyclic) bond motifs is 2. The zero-order valence-electron chi connectivity index (χ0n) is 19.1. The van der Waals surface area contributed by atoms with E-state index in [-0.39, 0.29) is 12.0 Å². The van der Waals surface area contributed by atoms with E-state index in [4.69, 9.17) is 9.47 Å². The normalized spacial score (nSPS) is 18.8. The average Bonchev–Trinajstić information content (AvgIpc) is 3.47. The molecule has 1 N–H and O–H groups in total. The van der Waals surface area contributed by atoms with E-state index in [0.717, 1.165) is 62.8 Å². The molecule has 2 aliphatic heterocycles. The van der Waals surface area contributed by atoms with Gasteiger partial charge in [-0.3, -0.25) is 9.69 Å². The van der Waals surface area contributed by atoms with Crippen molar-refractivity contribution in [2.24, 2.45) is 0 Å². The van der Waals surface area contributed by atoms with E-state index in [1.807, 2.05) is 0 Å². The number of carbonyl (C=O) groups excluding carboxylic acids is 1. The molecule has 3 aromatic rings. The maximum Gasteiger partial charge on any atom is 0.249 e. The molecule has 2 aliphatic rings. The average molecular weight is 450 g/mol. The molecule has 33 heavy (non-hydrogen) atoms. The van der Waals surface area contributed by atoms with Gasteiger partial charge in [-0.25, -0.2) is 0 Å². The van der Waals surface area contributed by atoms with Gasteiger partial charge >= 0.3 is 0 Å². The van der Waals surface area contributed by atoms with Gasteiger partial charge in [0.15, 0.2) is 0 Å². The Kier molecular flexibility index (Phi) is 6.55. The standard InChI is InChI=1S/C25H31N5O3/c1-32-21-9-8-18-5-2-3-6-19(18)20(21)17-29-13-11-24-28-27-23(30(24)15-14-29)10-12-26-25(31)22-7-4-16-33-22/h2-3,5-6,8-9,22H,4,7,10-17H2,1H3,(H,26,31)/t22-/m1/s1. The zero-order chi connectivity index (χ0) is 22.6. The molecule has 0 aliphatic carbocycles. The predicted octanol–water partition coefficient (Wildman–Crippen LogP) is 2.34. The van der Waals surface area contributed by atoms with Crippen LogP contribution < -0.4 is 10.1 Å². The quantitative estimate of drug-likeness (QED) is 0.596. The van der Waals surface area contributed by atoms with Gasteiger partial charge < -0.3 is 19.4 Å². The molecule has 1 fully saturated rings. The number of amides is 1. The van der Waals surface area contributed by atoms with Crippen LogP contribution in [0.2, 0.25) is 0 Å². The number of hydrogen-bond donors (Lipinski definition) is 1. The van der Waals surface area contributed by atoms with Crippen molar-refractivity contribution in [2.75, 3.05) is 33.4 Å². The summed E-state index contributed by atoms with van der Waals surface area (Å²) in [5, 5.41) is 14.3. The molecular weight excluding hydrogens is 418 g/mol. The van der Waals surface area contributed by atoms with Crippen LogP contribution in [-0.2, 0) is 35.5 Å². The maximum absolute atomic E-state index is 12.2. The lowest BCUT2D eigenvalue weighted by atomic mass is 10.0. The van der Waals surface area contributed by atoms with E-state index < -0.39 is 0 Å². The summed E-state index contributed by atoms with van der Waals surface area (Å²) in [4.78, 5) is 14.6. The van der Waals surface area contributed by atoms with Crippen LogP contribution in [0, 0.1) is 0 Å². The largest absolute Gasteiger partial charge is 0.496 e. The number of rotatable bonds is 7. The van der Waals surface area contributed by atoms with E-state index in [2.05, 4.69) is 61.4 Å². The summed E-state index contributed by atoms with van der Waals surface area (Å²) in [5.41, 5.74) is 1.23. The smallest absolute Gasteiger partial charge is 0.249 e. The highest BCUT2D eigenvalue weighted by Crippen LogP contribution is 2.29. The Balaban J connectivity index is 1.23. The van der Waals surface area contributed by atoms with Crippen LogP contribution in [-0.4, -0.2) is 65.0 Å². The Bertz CT molecular complexity index is 1120. The number of carbonyl (C=O) groups is 1. The number of aromatic nitrogens is 3. The van der Waals surface area contributed by atoms with Gasteiger partial charge in [0.25, 0.3) is 0 Å². The van der Waals surface area contributed by atoms with Crippen LogP contribution in [0.4, 0.5) is 0 Å². The fourth-order valence-electron chi connectivity index (χ4n) is 4.86. The second kappa shape index (κ2) is 9.89. The van der Waals surface area contributed by atoms with Crippen LogP contribution in [0.3, 0.4) is 0 Å². The van der Waals surface area contributed by atoms with E-state index in [9.17, 15) is 4.79 Å². The minimum atomic E-state index is -0.292. The van der Waals surface area contributed by atoms with E-state index in [1.54, 1.807) is 7.11 Å². The molecule has 5 rings (SSSR count). The molecule has 8 heteroatoms. The van der Waals surface area contributed by atoms with Crippen molar-refractivity contribution in [3.63, 3.8) is 0 Å². The molecule has 1 amide bonds. The van der Waals surface area contributed by atoms with Crippen LogP contribution in [0.5, 0.6) is 5.75 Å². The molecule has 1 saturated heterocycles. The summed E-state index contributed by atoms with van der Waals surface area (Å²) in [6, 6.07) is 12.6. The fraction of sp³-hybridized carbons (Fsp3) is 0.480. The van der Waals surface area contributed by atoms with Gasteiger partial charge in [-0.2, -0.15) is 0 Å². The first-order chi connectivity index (χ1) is 16.2. The van der Waals surface area contributed by atoms with Gasteiger partial charge in [0.1, 0.15) is 23.5 Å². The van der Waals surface area contributed by atoms with Crippen molar-refractivity contribution in [1.29, 1.82) is 0 Å². The van der Waals surface area contributed by atoms with Crippen molar-refractivity contribution >= 4 is 16.7 Å². The minimum Gasteiger partial charge on any atom is -0.496 e. The first-order valence-electron chi connectivity index (χ1n) is 11.8. The van der Waals surface area contributed by atoms with Gasteiger partial charge in [0.2, 0.25) is 5.91 Å². The van der Waals surface area contributed by atoms with Crippen LogP contribution in [0.15, 0.2) is 36.4 Å². The Morgan fingerprint density at radius 2 is 2.09 bits per heavy atom. The first-order valence-corrected chi connectivity index (χ1v) is 11.8.